The highest BCUT2D eigenvalue weighted by atomic mass is 19.4. The zero-order valence-electron chi connectivity index (χ0n) is 18.7. The number of nitrogens with one attached hydrogen (secondary N) is 2. The van der Waals surface area contributed by atoms with Crippen molar-refractivity contribution in [2.75, 3.05) is 18.4 Å². The summed E-state index contributed by atoms with van der Waals surface area (Å²) >= 11 is 0. The number of hydrogen-bond donors (Lipinski definition) is 2. The van der Waals surface area contributed by atoms with Gasteiger partial charge in [-0.2, -0.15) is 13.2 Å². The van der Waals surface area contributed by atoms with Gasteiger partial charge in [0.05, 0.1) is 5.52 Å². The topological polar surface area (TPSA) is 54.0 Å². The number of rotatable bonds is 5. The monoisotopic (exact) mass is 435 g/mol. The fourth-order valence-corrected chi connectivity index (χ4v) is 4.20. The van der Waals surface area contributed by atoms with Crippen LogP contribution in [0.2, 0.25) is 0 Å². The average molecular weight is 436 g/mol. The highest BCUT2D eigenvalue weighted by Crippen LogP contribution is 2.34. The van der Waals surface area contributed by atoms with Gasteiger partial charge >= 0.3 is 6.18 Å². The lowest BCUT2D eigenvalue weighted by molar-refractivity contribution is -0.115. The molecule has 2 N–H and O–H groups in total. The Balaban J connectivity index is 1.92. The van der Waals surface area contributed by atoms with Gasteiger partial charge in [-0.25, -0.2) is 4.98 Å². The summed E-state index contributed by atoms with van der Waals surface area (Å²) in [6.45, 7) is 7.38. The van der Waals surface area contributed by atoms with E-state index in [0.29, 0.717) is 29.4 Å². The maximum Gasteiger partial charge on any atom is 0.405 e. The average Bonchev–Trinajstić information content (AvgIpc) is 2.69. The minimum atomic E-state index is -4.30. The molecule has 1 aromatic heterocycles. The first-order valence-corrected chi connectivity index (χ1v) is 11.0. The summed E-state index contributed by atoms with van der Waals surface area (Å²) in [6.07, 6.45) is 1.69. The van der Waals surface area contributed by atoms with Gasteiger partial charge in [-0.15, -0.1) is 0 Å². The van der Waals surface area contributed by atoms with Gasteiger partial charge in [0.1, 0.15) is 12.2 Å². The fourth-order valence-electron chi connectivity index (χ4n) is 4.20. The molecule has 1 fully saturated rings. The smallest absolute Gasteiger partial charge is 0.376 e. The van der Waals surface area contributed by atoms with Gasteiger partial charge in [-0.1, -0.05) is 40.0 Å². The van der Waals surface area contributed by atoms with Crippen LogP contribution < -0.4 is 10.6 Å². The molecule has 170 valence electrons. The van der Waals surface area contributed by atoms with E-state index in [4.69, 9.17) is 0 Å². The van der Waals surface area contributed by atoms with E-state index < -0.39 is 12.7 Å². The Hall–Kier alpha value is -2.31. The molecule has 1 aliphatic rings. The molecule has 0 saturated heterocycles. The number of aromatic nitrogens is 1. The van der Waals surface area contributed by atoms with Crippen molar-refractivity contribution < 1.29 is 18.0 Å². The summed E-state index contributed by atoms with van der Waals surface area (Å²) in [5.41, 5.74) is 2.67. The molecule has 0 radical (unpaired) electrons. The van der Waals surface area contributed by atoms with Crippen molar-refractivity contribution in [1.29, 1.82) is 0 Å². The number of carbonyl (C=O) groups is 1. The quantitative estimate of drug-likeness (QED) is 0.594. The zero-order chi connectivity index (χ0) is 22.8. The van der Waals surface area contributed by atoms with Crippen molar-refractivity contribution >= 4 is 22.5 Å². The molecule has 1 saturated carbocycles. The van der Waals surface area contributed by atoms with Crippen molar-refractivity contribution in [2.45, 2.75) is 71.4 Å². The molecule has 3 rings (SSSR count). The molecule has 2 aromatic rings. The van der Waals surface area contributed by atoms with E-state index in [1.54, 1.807) is 18.2 Å². The van der Waals surface area contributed by atoms with Gasteiger partial charge in [0.2, 0.25) is 0 Å². The number of aryl methyl sites for hydroxylation is 1. The Morgan fingerprint density at radius 3 is 2.39 bits per heavy atom. The second-order valence-corrected chi connectivity index (χ2v) is 9.68. The molecule has 1 amide bonds. The van der Waals surface area contributed by atoms with Gasteiger partial charge in [0, 0.05) is 17.6 Å². The lowest BCUT2D eigenvalue weighted by Crippen LogP contribution is -2.31. The van der Waals surface area contributed by atoms with Crippen molar-refractivity contribution in [3.8, 4) is 0 Å². The highest BCUT2D eigenvalue weighted by molar-refractivity contribution is 5.97. The number of carbonyl (C=O) groups excluding carboxylic acids is 1. The van der Waals surface area contributed by atoms with Crippen LogP contribution in [0.3, 0.4) is 0 Å². The van der Waals surface area contributed by atoms with Gasteiger partial charge in [0.15, 0.2) is 0 Å². The highest BCUT2D eigenvalue weighted by Gasteiger charge is 2.27. The number of fused-ring (bicyclic) bond motifs is 1. The van der Waals surface area contributed by atoms with Gasteiger partial charge < -0.3 is 10.6 Å². The standard InChI is InChI=1S/C24H32F3N3O/c1-15-10-20(22(31)28-13-16-8-6-5-7-9-16)30-21-18(15)11-17(29-14-24(25,26)27)12-19(21)23(2,3)4/h10-12,16,29H,5-9,13-14H2,1-4H3,(H,28,31). The molecule has 4 nitrogen and oxygen atoms in total. The summed E-state index contributed by atoms with van der Waals surface area (Å²) in [6, 6.07) is 5.12. The van der Waals surface area contributed by atoms with E-state index in [0.717, 1.165) is 29.4 Å². The number of amides is 1. The van der Waals surface area contributed by atoms with Crippen LogP contribution in [0.25, 0.3) is 10.9 Å². The zero-order valence-corrected chi connectivity index (χ0v) is 18.7. The van der Waals surface area contributed by atoms with Crippen LogP contribution in [0, 0.1) is 12.8 Å². The molecule has 1 heterocycles. The largest absolute Gasteiger partial charge is 0.405 e. The molecule has 1 aromatic carbocycles. The van der Waals surface area contributed by atoms with Crippen molar-refractivity contribution in [1.82, 2.24) is 10.3 Å². The van der Waals surface area contributed by atoms with Gasteiger partial charge in [0.25, 0.3) is 5.91 Å². The fraction of sp³-hybridized carbons (Fsp3) is 0.583. The van der Waals surface area contributed by atoms with E-state index in [1.165, 1.54) is 19.3 Å². The molecule has 0 atom stereocenters. The van der Waals surface area contributed by atoms with Crippen LogP contribution in [0.4, 0.5) is 18.9 Å². The number of benzene rings is 1. The van der Waals surface area contributed by atoms with E-state index in [-0.39, 0.29) is 11.3 Å². The molecular weight excluding hydrogens is 403 g/mol. The molecular formula is C24H32F3N3O. The number of anilines is 1. The maximum atomic E-state index is 12.8. The molecule has 0 spiro atoms. The number of pyridine rings is 1. The Morgan fingerprint density at radius 2 is 1.77 bits per heavy atom. The third-order valence-corrected chi connectivity index (χ3v) is 5.93. The molecule has 0 bridgehead atoms. The van der Waals surface area contributed by atoms with Crippen LogP contribution in [-0.2, 0) is 5.41 Å². The van der Waals surface area contributed by atoms with E-state index >= 15 is 0 Å². The first-order chi connectivity index (χ1) is 14.4. The SMILES string of the molecule is Cc1cc(C(=O)NCC2CCCCC2)nc2c(C(C)(C)C)cc(NCC(F)(F)F)cc12. The van der Waals surface area contributed by atoms with Crippen LogP contribution in [-0.4, -0.2) is 30.2 Å². The third-order valence-electron chi connectivity index (χ3n) is 5.93. The Labute approximate surface area is 182 Å². The molecule has 7 heteroatoms. The lowest BCUT2D eigenvalue weighted by Gasteiger charge is -2.24. The van der Waals surface area contributed by atoms with E-state index in [9.17, 15) is 18.0 Å². The normalized spacial score (nSPS) is 15.8. The summed E-state index contributed by atoms with van der Waals surface area (Å²) in [7, 11) is 0. The molecule has 0 unspecified atom stereocenters. The molecule has 0 aliphatic heterocycles. The van der Waals surface area contributed by atoms with Crippen molar-refractivity contribution in [3.05, 3.63) is 35.0 Å². The minimum absolute atomic E-state index is 0.199. The lowest BCUT2D eigenvalue weighted by atomic mass is 9.84. The van der Waals surface area contributed by atoms with E-state index in [1.807, 2.05) is 27.7 Å². The van der Waals surface area contributed by atoms with Crippen LogP contribution in [0.5, 0.6) is 0 Å². The van der Waals surface area contributed by atoms with Gasteiger partial charge in [-0.3, -0.25) is 4.79 Å². The Kier molecular flexibility index (Phi) is 6.82. The number of nitrogens with zero attached hydrogens (tertiary/aromatic N) is 1. The Morgan fingerprint density at radius 1 is 1.10 bits per heavy atom. The van der Waals surface area contributed by atoms with Crippen LogP contribution in [0.15, 0.2) is 18.2 Å². The van der Waals surface area contributed by atoms with E-state index in [2.05, 4.69) is 15.6 Å². The summed E-state index contributed by atoms with van der Waals surface area (Å²) in [5.74, 6) is 0.321. The van der Waals surface area contributed by atoms with Crippen LogP contribution >= 0.6 is 0 Å². The number of alkyl halides is 3. The number of hydrogen-bond acceptors (Lipinski definition) is 3. The molecule has 1 aliphatic carbocycles. The molecule has 31 heavy (non-hydrogen) atoms. The Bertz CT molecular complexity index is 942. The first-order valence-electron chi connectivity index (χ1n) is 11.0. The minimum Gasteiger partial charge on any atom is -0.376 e. The first kappa shape index (κ1) is 23.4. The summed E-state index contributed by atoms with van der Waals surface area (Å²) in [4.78, 5) is 17.5. The third kappa shape index (κ3) is 6.11. The van der Waals surface area contributed by atoms with Crippen LogP contribution in [0.1, 0.15) is 74.5 Å². The predicted molar refractivity (Wildman–Crippen MR) is 119 cm³/mol. The van der Waals surface area contributed by atoms with Crippen molar-refractivity contribution in [2.24, 2.45) is 5.92 Å². The number of halogens is 3. The summed E-state index contributed by atoms with van der Waals surface area (Å²) < 4.78 is 38.1. The second kappa shape index (κ2) is 9.05. The summed E-state index contributed by atoms with van der Waals surface area (Å²) in [5, 5.41) is 6.26. The van der Waals surface area contributed by atoms with Gasteiger partial charge in [-0.05, 0) is 60.4 Å². The second-order valence-electron chi connectivity index (χ2n) is 9.68. The maximum absolute atomic E-state index is 12.8. The van der Waals surface area contributed by atoms with Crippen molar-refractivity contribution in [3.63, 3.8) is 0 Å². The predicted octanol–water partition coefficient (Wildman–Crippen LogP) is 6.13.